The van der Waals surface area contributed by atoms with E-state index in [1.54, 1.807) is 35.6 Å². The predicted molar refractivity (Wildman–Crippen MR) is 109 cm³/mol. The van der Waals surface area contributed by atoms with Crippen molar-refractivity contribution in [1.82, 2.24) is 4.90 Å². The lowest BCUT2D eigenvalue weighted by Crippen LogP contribution is -2.39. The standard InChI is InChI=1S/C21H24N2O3S/c1-26-21(25)22-17-8-5-7-16(15-17)20(24)23-13-4-2-3-9-18(23)11-12-19-10-6-14-27-19/h5-8,10-12,14-15,18H,2-4,9,13H2,1H3,(H,22,25). The molecule has 2 amide bonds. The second kappa shape index (κ2) is 9.37. The smallest absolute Gasteiger partial charge is 0.411 e. The van der Waals surface area contributed by atoms with Gasteiger partial charge in [0.25, 0.3) is 5.91 Å². The van der Waals surface area contributed by atoms with Gasteiger partial charge in [0, 0.05) is 22.7 Å². The number of rotatable bonds is 4. The molecule has 0 radical (unpaired) electrons. The molecule has 1 N–H and O–H groups in total. The number of amides is 2. The third-order valence-corrected chi connectivity index (χ3v) is 5.46. The number of hydrogen-bond acceptors (Lipinski definition) is 4. The molecule has 0 aliphatic carbocycles. The van der Waals surface area contributed by atoms with Crippen molar-refractivity contribution >= 4 is 35.1 Å². The van der Waals surface area contributed by atoms with Crippen molar-refractivity contribution in [3.05, 3.63) is 58.3 Å². The Morgan fingerprint density at radius 2 is 2.11 bits per heavy atom. The third-order valence-electron chi connectivity index (χ3n) is 4.63. The Bertz CT molecular complexity index is 802. The van der Waals surface area contributed by atoms with Crippen molar-refractivity contribution in [2.75, 3.05) is 19.0 Å². The summed E-state index contributed by atoms with van der Waals surface area (Å²) in [4.78, 5) is 27.7. The zero-order valence-corrected chi connectivity index (χ0v) is 16.2. The molecule has 0 spiro atoms. The van der Waals surface area contributed by atoms with Crippen molar-refractivity contribution in [1.29, 1.82) is 0 Å². The monoisotopic (exact) mass is 384 g/mol. The molecule has 6 heteroatoms. The van der Waals surface area contributed by atoms with Crippen LogP contribution in [0.15, 0.2) is 47.9 Å². The highest BCUT2D eigenvalue weighted by Crippen LogP contribution is 2.23. The van der Waals surface area contributed by atoms with Gasteiger partial charge >= 0.3 is 6.09 Å². The molecule has 0 bridgehead atoms. The van der Waals surface area contributed by atoms with Gasteiger partial charge in [0.05, 0.1) is 13.2 Å². The van der Waals surface area contributed by atoms with E-state index in [9.17, 15) is 9.59 Å². The van der Waals surface area contributed by atoms with Crippen LogP contribution in [0.3, 0.4) is 0 Å². The van der Waals surface area contributed by atoms with Crippen molar-refractivity contribution in [3.8, 4) is 0 Å². The maximum absolute atomic E-state index is 13.2. The Balaban J connectivity index is 1.79. The van der Waals surface area contributed by atoms with E-state index in [0.29, 0.717) is 11.3 Å². The van der Waals surface area contributed by atoms with Crippen molar-refractivity contribution in [2.45, 2.75) is 31.7 Å². The molecule has 2 aromatic rings. The average molecular weight is 385 g/mol. The first-order valence-electron chi connectivity index (χ1n) is 9.15. The van der Waals surface area contributed by atoms with Crippen LogP contribution in [0.1, 0.15) is 40.9 Å². The van der Waals surface area contributed by atoms with Crippen LogP contribution in [0, 0.1) is 0 Å². The molecule has 142 valence electrons. The molecule has 1 fully saturated rings. The molecular weight excluding hydrogens is 360 g/mol. The number of nitrogens with one attached hydrogen (secondary N) is 1. The van der Waals surface area contributed by atoms with Gasteiger partial charge in [-0.25, -0.2) is 4.79 Å². The zero-order valence-electron chi connectivity index (χ0n) is 15.4. The minimum absolute atomic E-state index is 0.00811. The maximum Gasteiger partial charge on any atom is 0.411 e. The first-order valence-corrected chi connectivity index (χ1v) is 10.0. The topological polar surface area (TPSA) is 58.6 Å². The lowest BCUT2D eigenvalue weighted by atomic mass is 10.1. The number of ether oxygens (including phenoxy) is 1. The van der Waals surface area contributed by atoms with E-state index in [1.807, 2.05) is 11.0 Å². The van der Waals surface area contributed by atoms with Gasteiger partial charge in [0.1, 0.15) is 0 Å². The van der Waals surface area contributed by atoms with E-state index in [1.165, 1.54) is 12.0 Å². The highest BCUT2D eigenvalue weighted by molar-refractivity contribution is 7.10. The number of nitrogens with zero attached hydrogens (tertiary/aromatic N) is 1. The molecule has 1 unspecified atom stereocenters. The molecule has 5 nitrogen and oxygen atoms in total. The summed E-state index contributed by atoms with van der Waals surface area (Å²) < 4.78 is 4.62. The SMILES string of the molecule is COC(=O)Nc1cccc(C(=O)N2CCCCCC2C=Cc2cccs2)c1. The lowest BCUT2D eigenvalue weighted by molar-refractivity contribution is 0.0718. The summed E-state index contributed by atoms with van der Waals surface area (Å²) in [5, 5.41) is 4.66. The Morgan fingerprint density at radius 1 is 1.22 bits per heavy atom. The van der Waals surface area contributed by atoms with Crippen molar-refractivity contribution in [3.63, 3.8) is 0 Å². The Labute approximate surface area is 163 Å². The van der Waals surface area contributed by atoms with Gasteiger partial charge in [-0.05, 0) is 48.6 Å². The van der Waals surface area contributed by atoms with Crippen LogP contribution < -0.4 is 5.32 Å². The maximum atomic E-state index is 13.2. The van der Waals surface area contributed by atoms with Crippen molar-refractivity contribution in [2.24, 2.45) is 0 Å². The molecule has 3 rings (SSSR count). The molecule has 1 aliphatic rings. The van der Waals surface area contributed by atoms with Crippen LogP contribution >= 0.6 is 11.3 Å². The fraction of sp³-hybridized carbons (Fsp3) is 0.333. The minimum Gasteiger partial charge on any atom is -0.453 e. The molecule has 2 heterocycles. The largest absolute Gasteiger partial charge is 0.453 e. The number of anilines is 1. The van der Waals surface area contributed by atoms with E-state index < -0.39 is 6.09 Å². The summed E-state index contributed by atoms with van der Waals surface area (Å²) >= 11 is 1.69. The average Bonchev–Trinajstić information content (AvgIpc) is 3.10. The first-order chi connectivity index (χ1) is 13.2. The van der Waals surface area contributed by atoms with Gasteiger partial charge in [0.2, 0.25) is 0 Å². The molecule has 1 aliphatic heterocycles. The number of likely N-dealkylation sites (tertiary alicyclic amines) is 1. The van der Waals surface area contributed by atoms with Gasteiger partial charge in [0.15, 0.2) is 0 Å². The molecule has 1 aromatic carbocycles. The fourth-order valence-corrected chi connectivity index (χ4v) is 3.87. The zero-order chi connectivity index (χ0) is 19.1. The Morgan fingerprint density at radius 3 is 2.89 bits per heavy atom. The van der Waals surface area contributed by atoms with Gasteiger partial charge in [-0.1, -0.05) is 31.1 Å². The van der Waals surface area contributed by atoms with E-state index in [0.717, 1.165) is 32.2 Å². The number of thiophene rings is 1. The summed E-state index contributed by atoms with van der Waals surface area (Å²) in [5.74, 6) is -0.00811. The summed E-state index contributed by atoms with van der Waals surface area (Å²) in [6.07, 6.45) is 7.93. The molecule has 0 saturated carbocycles. The van der Waals surface area contributed by atoms with Crippen LogP contribution in [0.2, 0.25) is 0 Å². The summed E-state index contributed by atoms with van der Waals surface area (Å²) in [6, 6.07) is 11.2. The van der Waals surface area contributed by atoms with Gasteiger partial charge in [-0.2, -0.15) is 0 Å². The highest BCUT2D eigenvalue weighted by Gasteiger charge is 2.24. The molecule has 1 saturated heterocycles. The number of methoxy groups -OCH3 is 1. The molecule has 1 atom stereocenters. The van der Waals surface area contributed by atoms with Crippen LogP contribution in [-0.4, -0.2) is 36.6 Å². The van der Waals surface area contributed by atoms with Crippen LogP contribution in [0.25, 0.3) is 6.08 Å². The van der Waals surface area contributed by atoms with E-state index in [2.05, 4.69) is 33.7 Å². The van der Waals surface area contributed by atoms with E-state index in [4.69, 9.17) is 0 Å². The van der Waals surface area contributed by atoms with E-state index in [-0.39, 0.29) is 11.9 Å². The lowest BCUT2D eigenvalue weighted by Gasteiger charge is -2.28. The van der Waals surface area contributed by atoms with Crippen LogP contribution in [0.4, 0.5) is 10.5 Å². The second-order valence-electron chi connectivity index (χ2n) is 6.49. The molecule has 27 heavy (non-hydrogen) atoms. The Hall–Kier alpha value is -2.60. The van der Waals surface area contributed by atoms with Crippen LogP contribution in [-0.2, 0) is 4.74 Å². The van der Waals surface area contributed by atoms with Gasteiger partial charge in [-0.15, -0.1) is 11.3 Å². The third kappa shape index (κ3) is 5.20. The quantitative estimate of drug-likeness (QED) is 0.805. The minimum atomic E-state index is -0.550. The van der Waals surface area contributed by atoms with E-state index >= 15 is 0 Å². The molecular formula is C21H24N2O3S. The summed E-state index contributed by atoms with van der Waals surface area (Å²) in [7, 11) is 1.31. The normalized spacial score (nSPS) is 17.5. The predicted octanol–water partition coefficient (Wildman–Crippen LogP) is 5.02. The molecule has 1 aromatic heterocycles. The highest BCUT2D eigenvalue weighted by atomic mass is 32.1. The van der Waals surface area contributed by atoms with Gasteiger partial charge in [-0.3, -0.25) is 10.1 Å². The Kier molecular flexibility index (Phi) is 6.65. The first kappa shape index (κ1) is 19.2. The van der Waals surface area contributed by atoms with Gasteiger partial charge < -0.3 is 9.64 Å². The summed E-state index contributed by atoms with van der Waals surface area (Å²) in [5.41, 5.74) is 1.12. The van der Waals surface area contributed by atoms with Crippen molar-refractivity contribution < 1.29 is 14.3 Å². The number of hydrogen-bond donors (Lipinski definition) is 1. The summed E-state index contributed by atoms with van der Waals surface area (Å²) in [6.45, 7) is 0.743. The second-order valence-corrected chi connectivity index (χ2v) is 7.47. The fourth-order valence-electron chi connectivity index (χ4n) is 3.24. The number of benzene rings is 1. The number of carbonyl (C=O) groups excluding carboxylic acids is 2. The van der Waals surface area contributed by atoms with Crippen LogP contribution in [0.5, 0.6) is 0 Å². The number of carbonyl (C=O) groups is 2.